The second kappa shape index (κ2) is 8.02. The van der Waals surface area contributed by atoms with Crippen molar-refractivity contribution in [3.8, 4) is 11.5 Å². The Balaban J connectivity index is 1.55. The van der Waals surface area contributed by atoms with Crippen LogP contribution in [0.25, 0.3) is 0 Å². The molecule has 6 aliphatic carbocycles. The van der Waals surface area contributed by atoms with E-state index < -0.39 is 77.3 Å². The molecule has 0 radical (unpaired) electrons. The van der Waals surface area contributed by atoms with Gasteiger partial charge >= 0.3 is 31.3 Å². The van der Waals surface area contributed by atoms with Gasteiger partial charge < -0.3 is 8.37 Å². The van der Waals surface area contributed by atoms with Crippen molar-refractivity contribution in [3.63, 3.8) is 0 Å². The Hall–Kier alpha value is -1.70. The quantitative estimate of drug-likeness (QED) is 0.202. The van der Waals surface area contributed by atoms with Crippen molar-refractivity contribution in [1.29, 1.82) is 0 Å². The maximum atomic E-state index is 13.7. The molecule has 6 aliphatic rings. The highest BCUT2D eigenvalue weighted by molar-refractivity contribution is 7.88. The largest absolute Gasteiger partial charge is 0.534 e. The van der Waals surface area contributed by atoms with Crippen LogP contribution in [0.15, 0.2) is 0 Å². The fourth-order valence-electron chi connectivity index (χ4n) is 10.1. The van der Waals surface area contributed by atoms with E-state index in [1.165, 1.54) is 0 Å². The van der Waals surface area contributed by atoms with E-state index in [0.717, 1.165) is 25.7 Å². The number of halogens is 6. The zero-order chi connectivity index (χ0) is 28.7. The molecule has 0 aliphatic heterocycles. The third-order valence-corrected chi connectivity index (χ3v) is 13.1. The topological polar surface area (TPSA) is 86.7 Å². The summed E-state index contributed by atoms with van der Waals surface area (Å²) < 4.78 is 142. The molecule has 6 nitrogen and oxygen atoms in total. The van der Waals surface area contributed by atoms with Crippen LogP contribution < -0.4 is 8.37 Å². The van der Waals surface area contributed by atoms with E-state index in [9.17, 15) is 43.2 Å². The number of fused-ring (bicyclic) bond motifs is 6. The lowest BCUT2D eigenvalue weighted by Crippen LogP contribution is -2.30. The number of rotatable bonds is 4. The molecular weight excluding hydrogens is 586 g/mol. The zero-order valence-corrected chi connectivity index (χ0v) is 23.0. The lowest BCUT2D eigenvalue weighted by Gasteiger charge is -2.31. The molecule has 4 bridgehead atoms. The van der Waals surface area contributed by atoms with E-state index >= 15 is 0 Å². The first-order chi connectivity index (χ1) is 18.6. The fraction of sp³-hybridized carbons (Fsp3) is 0.769. The summed E-state index contributed by atoms with van der Waals surface area (Å²) in [6, 6.07) is 0. The monoisotopic (exact) mass is 614 g/mol. The summed E-state index contributed by atoms with van der Waals surface area (Å²) in [6.07, 6.45) is 7.90. The normalized spacial score (nSPS) is 31.4. The van der Waals surface area contributed by atoms with Gasteiger partial charge in [-0.05, 0) is 85.9 Å². The Morgan fingerprint density at radius 2 is 0.775 bits per heavy atom. The predicted molar refractivity (Wildman–Crippen MR) is 129 cm³/mol. The lowest BCUT2D eigenvalue weighted by molar-refractivity contribution is -0.0506. The van der Waals surface area contributed by atoms with E-state index in [4.69, 9.17) is 8.37 Å². The van der Waals surface area contributed by atoms with Crippen molar-refractivity contribution in [2.45, 2.75) is 112 Å². The maximum Gasteiger partial charge on any atom is 0.534 e. The Morgan fingerprint density at radius 3 is 1.00 bits per heavy atom. The summed E-state index contributed by atoms with van der Waals surface area (Å²) in [5, 5.41) is 0. The third kappa shape index (κ3) is 3.23. The summed E-state index contributed by atoms with van der Waals surface area (Å²) >= 11 is 0. The highest BCUT2D eigenvalue weighted by atomic mass is 32.2. The van der Waals surface area contributed by atoms with Gasteiger partial charge in [-0.25, -0.2) is 0 Å². The van der Waals surface area contributed by atoms with Gasteiger partial charge in [0.25, 0.3) is 0 Å². The van der Waals surface area contributed by atoms with E-state index in [-0.39, 0.29) is 22.3 Å². The Morgan fingerprint density at radius 1 is 0.525 bits per heavy atom. The smallest absolute Gasteiger partial charge is 0.375 e. The van der Waals surface area contributed by atoms with Gasteiger partial charge in [-0.15, -0.1) is 0 Å². The number of hydrogen-bond donors (Lipinski definition) is 0. The Labute approximate surface area is 228 Å². The van der Waals surface area contributed by atoms with Crippen LogP contribution in [0.3, 0.4) is 0 Å². The zero-order valence-electron chi connectivity index (χ0n) is 21.3. The second-order valence-corrected chi connectivity index (χ2v) is 15.6. The molecule has 4 saturated carbocycles. The van der Waals surface area contributed by atoms with Crippen molar-refractivity contribution in [1.82, 2.24) is 0 Å². The van der Waals surface area contributed by atoms with Gasteiger partial charge in [0, 0.05) is 22.3 Å². The highest BCUT2D eigenvalue weighted by Gasteiger charge is 2.67. The summed E-state index contributed by atoms with van der Waals surface area (Å²) in [5.74, 6) is -2.64. The van der Waals surface area contributed by atoms with Crippen LogP contribution in [0, 0.1) is 10.8 Å². The fourth-order valence-corrected chi connectivity index (χ4v) is 11.1. The summed E-state index contributed by atoms with van der Waals surface area (Å²) in [4.78, 5) is 0. The van der Waals surface area contributed by atoms with Crippen LogP contribution in [-0.4, -0.2) is 27.9 Å². The average molecular weight is 615 g/mol. The molecule has 1 aromatic carbocycles. The SMILES string of the molecule is O=S(=O)(Oc1c2c(c(OS(=O)(=O)C(F)(F)F)c3c1[C@H]1CC[C@@H]3C13CCCC3)[C@@H]1CC[C@H]2C12CCCC2)C(F)(F)F. The summed E-state index contributed by atoms with van der Waals surface area (Å²) in [5.41, 5.74) is -11.9. The molecule has 14 heteroatoms. The molecule has 0 heterocycles. The number of hydrogen-bond acceptors (Lipinski definition) is 6. The molecule has 222 valence electrons. The van der Waals surface area contributed by atoms with Gasteiger partial charge in [0.2, 0.25) is 0 Å². The molecule has 0 amide bonds. The van der Waals surface area contributed by atoms with Crippen LogP contribution in [0.4, 0.5) is 26.3 Å². The van der Waals surface area contributed by atoms with Crippen LogP contribution in [-0.2, 0) is 20.2 Å². The first-order valence-corrected chi connectivity index (χ1v) is 16.6. The van der Waals surface area contributed by atoms with E-state index in [1.807, 2.05) is 0 Å². The molecular formula is C26H28F6O6S2. The molecule has 2 spiro atoms. The Bertz CT molecular complexity index is 1330. The molecule has 4 fully saturated rings. The highest BCUT2D eigenvalue weighted by Crippen LogP contribution is 2.79. The molecule has 0 N–H and O–H groups in total. The van der Waals surface area contributed by atoms with Gasteiger partial charge in [-0.3, -0.25) is 0 Å². The minimum Gasteiger partial charge on any atom is -0.375 e. The van der Waals surface area contributed by atoms with Crippen molar-refractivity contribution in [2.24, 2.45) is 10.8 Å². The van der Waals surface area contributed by atoms with Gasteiger partial charge in [-0.1, -0.05) is 25.7 Å². The number of benzene rings is 1. The average Bonchev–Trinajstić information content (AvgIpc) is 3.69. The van der Waals surface area contributed by atoms with Crippen LogP contribution >= 0.6 is 0 Å². The number of alkyl halides is 6. The van der Waals surface area contributed by atoms with Gasteiger partial charge in [-0.2, -0.15) is 43.2 Å². The first kappa shape index (κ1) is 27.2. The third-order valence-electron chi connectivity index (χ3n) is 11.2. The minimum absolute atomic E-state index is 0.123. The van der Waals surface area contributed by atoms with Crippen LogP contribution in [0.1, 0.15) is 123 Å². The molecule has 40 heavy (non-hydrogen) atoms. The lowest BCUT2D eigenvalue weighted by atomic mass is 9.73. The van der Waals surface area contributed by atoms with Crippen molar-refractivity contribution < 1.29 is 51.5 Å². The second-order valence-electron chi connectivity index (χ2n) is 12.5. The minimum atomic E-state index is -6.11. The van der Waals surface area contributed by atoms with Gasteiger partial charge in [0.15, 0.2) is 11.5 Å². The van der Waals surface area contributed by atoms with Crippen molar-refractivity contribution >= 4 is 20.2 Å². The van der Waals surface area contributed by atoms with Crippen molar-refractivity contribution in [2.75, 3.05) is 0 Å². The maximum absolute atomic E-state index is 13.7. The van der Waals surface area contributed by atoms with Crippen LogP contribution in [0.5, 0.6) is 11.5 Å². The van der Waals surface area contributed by atoms with Crippen LogP contribution in [0.2, 0.25) is 0 Å². The van der Waals surface area contributed by atoms with Gasteiger partial charge in [0.05, 0.1) is 0 Å². The molecule has 0 aromatic heterocycles. The molecule has 4 atom stereocenters. The molecule has 1 aromatic rings. The van der Waals surface area contributed by atoms with Crippen molar-refractivity contribution in [3.05, 3.63) is 22.3 Å². The summed E-state index contributed by atoms with van der Waals surface area (Å²) in [7, 11) is -12.2. The molecule has 0 saturated heterocycles. The van der Waals surface area contributed by atoms with Gasteiger partial charge in [0.1, 0.15) is 0 Å². The standard InChI is InChI=1S/C26H28F6O6S2/c27-25(28,29)39(33,34)37-21-17-13-5-6-14(23(13)9-1-2-10-23)18(17)22(38-40(35,36)26(30,31)32)20-16-8-7-15(19(20)21)24(16)11-3-4-12-24/h13-16H,1-12H2/t13-,14+,15-,16+. The Kier molecular flexibility index (Phi) is 5.44. The predicted octanol–water partition coefficient (Wildman–Crippen LogP) is 7.21. The molecule has 7 rings (SSSR count). The molecule has 0 unspecified atom stereocenters. The van der Waals surface area contributed by atoms with E-state index in [0.29, 0.717) is 51.4 Å². The van der Waals surface area contributed by atoms with E-state index in [2.05, 4.69) is 0 Å². The van der Waals surface area contributed by atoms with E-state index in [1.54, 1.807) is 0 Å². The first-order valence-electron chi connectivity index (χ1n) is 13.8. The summed E-state index contributed by atoms with van der Waals surface area (Å²) in [6.45, 7) is 0.